The van der Waals surface area contributed by atoms with Gasteiger partial charge in [-0.05, 0) is 87.5 Å². The van der Waals surface area contributed by atoms with Gasteiger partial charge in [-0.1, -0.05) is 0 Å². The van der Waals surface area contributed by atoms with Crippen molar-refractivity contribution in [2.24, 2.45) is 23.2 Å². The van der Waals surface area contributed by atoms with Gasteiger partial charge in [-0.2, -0.15) is 0 Å². The number of rotatable bonds is 6. The summed E-state index contributed by atoms with van der Waals surface area (Å²) in [5.41, 5.74) is 2.32. The lowest BCUT2D eigenvalue weighted by atomic mass is 9.49. The molecule has 0 heterocycles. The zero-order valence-corrected chi connectivity index (χ0v) is 16.8. The minimum Gasteiger partial charge on any atom is -0.462 e. The van der Waals surface area contributed by atoms with Gasteiger partial charge in [-0.15, -0.1) is 4.83 Å². The van der Waals surface area contributed by atoms with Crippen molar-refractivity contribution in [3.63, 3.8) is 0 Å². The Morgan fingerprint density at radius 2 is 1.57 bits per heavy atom. The number of benzene rings is 1. The number of hydrazine groups is 1. The van der Waals surface area contributed by atoms with Crippen LogP contribution in [0.2, 0.25) is 0 Å². The van der Waals surface area contributed by atoms with Gasteiger partial charge in [0.2, 0.25) is 5.91 Å². The number of hydrogen-bond acceptors (Lipinski definition) is 5. The summed E-state index contributed by atoms with van der Waals surface area (Å²) in [5.74, 6) is 1.09. The smallest absolute Gasteiger partial charge is 0.338 e. The summed E-state index contributed by atoms with van der Waals surface area (Å²) in [6, 6.07) is 5.44. The van der Waals surface area contributed by atoms with Gasteiger partial charge in [0.15, 0.2) is 0 Å². The van der Waals surface area contributed by atoms with Crippen LogP contribution in [0.4, 0.5) is 0 Å². The Balaban J connectivity index is 1.41. The molecule has 152 valence electrons. The molecule has 2 N–H and O–H groups in total. The van der Waals surface area contributed by atoms with E-state index in [-0.39, 0.29) is 23.0 Å². The highest BCUT2D eigenvalue weighted by molar-refractivity contribution is 7.89. The number of hydrogen-bond donors (Lipinski definition) is 2. The molecular formula is C20H26N2O5S. The molecule has 7 nitrogen and oxygen atoms in total. The second-order valence-electron chi connectivity index (χ2n) is 8.50. The Bertz CT molecular complexity index is 843. The number of carbonyl (C=O) groups is 2. The molecule has 0 aliphatic heterocycles. The van der Waals surface area contributed by atoms with Gasteiger partial charge in [-0.3, -0.25) is 10.2 Å². The van der Waals surface area contributed by atoms with Crippen molar-refractivity contribution in [3.8, 4) is 0 Å². The first kappa shape index (κ1) is 19.4. The number of esters is 1. The monoisotopic (exact) mass is 406 g/mol. The van der Waals surface area contributed by atoms with Gasteiger partial charge in [-0.25, -0.2) is 13.2 Å². The van der Waals surface area contributed by atoms with Crippen molar-refractivity contribution in [2.45, 2.75) is 50.3 Å². The van der Waals surface area contributed by atoms with E-state index in [0.717, 1.165) is 19.3 Å². The molecule has 0 spiro atoms. The van der Waals surface area contributed by atoms with E-state index in [0.29, 0.717) is 17.8 Å². The van der Waals surface area contributed by atoms with Crippen LogP contribution in [0.15, 0.2) is 29.2 Å². The minimum atomic E-state index is -3.92. The number of carbonyl (C=O) groups excluding carboxylic acids is 2. The fraction of sp³-hybridized carbons (Fsp3) is 0.600. The van der Waals surface area contributed by atoms with Crippen LogP contribution in [0, 0.1) is 23.2 Å². The highest BCUT2D eigenvalue weighted by Gasteiger charge is 2.54. The predicted molar refractivity (Wildman–Crippen MR) is 101 cm³/mol. The molecule has 28 heavy (non-hydrogen) atoms. The second kappa shape index (κ2) is 7.15. The zero-order valence-electron chi connectivity index (χ0n) is 15.9. The van der Waals surface area contributed by atoms with Crippen LogP contribution in [-0.2, 0) is 19.6 Å². The molecular weight excluding hydrogens is 380 g/mol. The molecule has 0 saturated heterocycles. The summed E-state index contributed by atoms with van der Waals surface area (Å²) >= 11 is 0. The van der Waals surface area contributed by atoms with Crippen molar-refractivity contribution in [1.82, 2.24) is 10.3 Å². The lowest BCUT2D eigenvalue weighted by Crippen LogP contribution is -2.56. The largest absolute Gasteiger partial charge is 0.462 e. The third-order valence-electron chi connectivity index (χ3n) is 6.49. The Morgan fingerprint density at radius 1 is 1.04 bits per heavy atom. The molecule has 0 unspecified atom stereocenters. The van der Waals surface area contributed by atoms with Crippen molar-refractivity contribution in [3.05, 3.63) is 29.8 Å². The van der Waals surface area contributed by atoms with Crippen molar-refractivity contribution < 1.29 is 22.7 Å². The average molecular weight is 407 g/mol. The van der Waals surface area contributed by atoms with E-state index in [1.165, 1.54) is 43.5 Å². The van der Waals surface area contributed by atoms with E-state index in [1.54, 1.807) is 6.92 Å². The summed E-state index contributed by atoms with van der Waals surface area (Å²) in [7, 11) is -3.92. The molecule has 1 aromatic carbocycles. The van der Waals surface area contributed by atoms with E-state index in [1.807, 2.05) is 0 Å². The Kier molecular flexibility index (Phi) is 4.95. The zero-order chi connectivity index (χ0) is 19.9. The SMILES string of the molecule is CCOC(=O)c1ccc(S(=O)(=O)NNC(=O)C23CC4CC(CC(C4)C2)C3)cc1. The van der Waals surface area contributed by atoms with Gasteiger partial charge < -0.3 is 4.74 Å². The normalized spacial score (nSPS) is 30.8. The molecule has 4 saturated carbocycles. The van der Waals surface area contributed by atoms with Gasteiger partial charge >= 0.3 is 5.97 Å². The molecule has 1 amide bonds. The Labute approximate surface area is 165 Å². The highest BCUT2D eigenvalue weighted by Crippen LogP contribution is 2.60. The summed E-state index contributed by atoms with van der Waals surface area (Å²) in [6.07, 6.45) is 6.23. The van der Waals surface area contributed by atoms with E-state index in [2.05, 4.69) is 10.3 Å². The van der Waals surface area contributed by atoms with Crippen LogP contribution in [0.5, 0.6) is 0 Å². The molecule has 1 aromatic rings. The quantitative estimate of drug-likeness (QED) is 0.558. The van der Waals surface area contributed by atoms with Crippen LogP contribution in [0.3, 0.4) is 0 Å². The molecule has 4 fully saturated rings. The van der Waals surface area contributed by atoms with Crippen LogP contribution >= 0.6 is 0 Å². The summed E-state index contributed by atoms with van der Waals surface area (Å²) in [4.78, 5) is 26.8. The highest BCUT2D eigenvalue weighted by atomic mass is 32.2. The van der Waals surface area contributed by atoms with Crippen LogP contribution < -0.4 is 10.3 Å². The molecule has 0 radical (unpaired) electrons. The van der Waals surface area contributed by atoms with Crippen LogP contribution in [0.25, 0.3) is 0 Å². The van der Waals surface area contributed by atoms with Crippen LogP contribution in [-0.4, -0.2) is 26.9 Å². The first-order valence-corrected chi connectivity index (χ1v) is 11.4. The number of amides is 1. The van der Waals surface area contributed by atoms with Crippen LogP contribution in [0.1, 0.15) is 55.8 Å². The second-order valence-corrected chi connectivity index (χ2v) is 10.2. The maximum atomic E-state index is 12.9. The number of sulfonamides is 1. The lowest BCUT2D eigenvalue weighted by molar-refractivity contribution is -0.146. The first-order valence-electron chi connectivity index (χ1n) is 9.91. The van der Waals surface area contributed by atoms with Gasteiger partial charge in [0.25, 0.3) is 10.0 Å². The summed E-state index contributed by atoms with van der Waals surface area (Å²) in [6.45, 7) is 1.95. The standard InChI is InChI=1S/C20H26N2O5S/c1-2-27-18(23)16-3-5-17(6-4-16)28(25,26)22-21-19(24)20-10-13-7-14(11-20)9-15(8-13)12-20/h3-6,13-15,22H,2,7-12H2,1H3,(H,21,24). The van der Waals surface area contributed by atoms with E-state index in [4.69, 9.17) is 4.74 Å². The van der Waals surface area contributed by atoms with Gasteiger partial charge in [0.05, 0.1) is 22.5 Å². The molecule has 0 atom stereocenters. The van der Waals surface area contributed by atoms with Gasteiger partial charge in [0, 0.05) is 0 Å². The van der Waals surface area contributed by atoms with Gasteiger partial charge in [0.1, 0.15) is 0 Å². The average Bonchev–Trinajstić information content (AvgIpc) is 2.65. The Morgan fingerprint density at radius 3 is 2.07 bits per heavy atom. The number of ether oxygens (including phenoxy) is 1. The third-order valence-corrected chi connectivity index (χ3v) is 7.76. The van der Waals surface area contributed by atoms with E-state index < -0.39 is 21.4 Å². The summed E-state index contributed by atoms with van der Waals surface area (Å²) < 4.78 is 29.9. The van der Waals surface area contributed by atoms with Crippen molar-refractivity contribution in [2.75, 3.05) is 6.61 Å². The molecule has 0 aromatic heterocycles. The lowest BCUT2D eigenvalue weighted by Gasteiger charge is -2.55. The molecule has 8 heteroatoms. The minimum absolute atomic E-state index is 0.0219. The van der Waals surface area contributed by atoms with Crippen molar-refractivity contribution in [1.29, 1.82) is 0 Å². The topological polar surface area (TPSA) is 102 Å². The molecule has 5 rings (SSSR count). The molecule has 4 aliphatic carbocycles. The maximum absolute atomic E-state index is 12.9. The van der Waals surface area contributed by atoms with E-state index >= 15 is 0 Å². The van der Waals surface area contributed by atoms with E-state index in [9.17, 15) is 18.0 Å². The fourth-order valence-corrected chi connectivity index (χ4v) is 6.52. The fourth-order valence-electron chi connectivity index (χ4n) is 5.68. The number of nitrogens with one attached hydrogen (secondary N) is 2. The summed E-state index contributed by atoms with van der Waals surface area (Å²) in [5, 5.41) is 0. The predicted octanol–water partition coefficient (Wildman–Crippen LogP) is 2.39. The maximum Gasteiger partial charge on any atom is 0.338 e. The first-order chi connectivity index (χ1) is 13.3. The molecule has 4 bridgehead atoms. The third kappa shape index (κ3) is 3.55. The van der Waals surface area contributed by atoms with Crippen molar-refractivity contribution >= 4 is 21.9 Å². The Hall–Kier alpha value is -1.93. The molecule has 4 aliphatic rings.